The summed E-state index contributed by atoms with van der Waals surface area (Å²) < 4.78 is 1.27. The van der Waals surface area contributed by atoms with Crippen LogP contribution in [0.2, 0.25) is 0 Å². The molecule has 0 atom stereocenters. The Kier molecular flexibility index (Phi) is 2.27. The number of hydrogen-bond acceptors (Lipinski definition) is 1. The van der Waals surface area contributed by atoms with E-state index in [0.29, 0.717) is 5.54 Å². The summed E-state index contributed by atoms with van der Waals surface area (Å²) in [7, 11) is 0. The molecule has 1 spiro atoms. The minimum Gasteiger partial charge on any atom is -0.379 e. The molecular formula is C13H16BrN. The predicted octanol–water partition coefficient (Wildman–Crippen LogP) is 4.12. The number of halogens is 1. The molecule has 2 aliphatic rings. The fourth-order valence-electron chi connectivity index (χ4n) is 3.05. The van der Waals surface area contributed by atoms with Crippen LogP contribution in [0.1, 0.15) is 37.7 Å². The van der Waals surface area contributed by atoms with Gasteiger partial charge in [-0.2, -0.15) is 0 Å². The average Bonchev–Trinajstić information content (AvgIpc) is 2.59. The molecule has 1 saturated carbocycles. The van der Waals surface area contributed by atoms with E-state index in [9.17, 15) is 0 Å². The second kappa shape index (κ2) is 3.51. The van der Waals surface area contributed by atoms with E-state index in [1.165, 1.54) is 54.2 Å². The van der Waals surface area contributed by atoms with Gasteiger partial charge in [-0.15, -0.1) is 0 Å². The Hall–Kier alpha value is -0.500. The van der Waals surface area contributed by atoms with Crippen molar-refractivity contribution in [2.75, 3.05) is 5.32 Å². The molecule has 80 valence electrons. The van der Waals surface area contributed by atoms with Crippen molar-refractivity contribution < 1.29 is 0 Å². The van der Waals surface area contributed by atoms with Crippen LogP contribution < -0.4 is 5.32 Å². The molecule has 1 aliphatic carbocycles. The highest BCUT2D eigenvalue weighted by molar-refractivity contribution is 9.10. The van der Waals surface area contributed by atoms with Crippen LogP contribution in [-0.4, -0.2) is 5.54 Å². The topological polar surface area (TPSA) is 12.0 Å². The van der Waals surface area contributed by atoms with Crippen LogP contribution in [0.15, 0.2) is 22.7 Å². The SMILES string of the molecule is Brc1cccc2c1CC1(CCCCC1)N2. The van der Waals surface area contributed by atoms with Crippen LogP contribution in [0.5, 0.6) is 0 Å². The van der Waals surface area contributed by atoms with Gasteiger partial charge in [0, 0.05) is 15.7 Å². The third-order valence-electron chi connectivity index (χ3n) is 3.84. The summed E-state index contributed by atoms with van der Waals surface area (Å²) in [5.41, 5.74) is 3.23. The van der Waals surface area contributed by atoms with Gasteiger partial charge in [-0.05, 0) is 37.0 Å². The number of hydrogen-bond donors (Lipinski definition) is 1. The minimum atomic E-state index is 0.393. The Morgan fingerprint density at radius 2 is 1.93 bits per heavy atom. The lowest BCUT2D eigenvalue weighted by Crippen LogP contribution is -2.38. The van der Waals surface area contributed by atoms with Crippen LogP contribution in [0.3, 0.4) is 0 Å². The van der Waals surface area contributed by atoms with Crippen LogP contribution in [0, 0.1) is 0 Å². The first-order valence-corrected chi connectivity index (χ1v) is 6.64. The predicted molar refractivity (Wildman–Crippen MR) is 67.3 cm³/mol. The third-order valence-corrected chi connectivity index (χ3v) is 4.59. The zero-order valence-corrected chi connectivity index (χ0v) is 10.4. The summed E-state index contributed by atoms with van der Waals surface area (Å²) in [6, 6.07) is 6.49. The first kappa shape index (κ1) is 9.71. The van der Waals surface area contributed by atoms with Crippen molar-refractivity contribution in [2.45, 2.75) is 44.1 Å². The Labute approximate surface area is 99.4 Å². The largest absolute Gasteiger partial charge is 0.379 e. The van der Waals surface area contributed by atoms with E-state index in [0.717, 1.165) is 0 Å². The van der Waals surface area contributed by atoms with Crippen molar-refractivity contribution in [1.29, 1.82) is 0 Å². The van der Waals surface area contributed by atoms with Crippen LogP contribution in [0.25, 0.3) is 0 Å². The third kappa shape index (κ3) is 1.59. The van der Waals surface area contributed by atoms with E-state index in [2.05, 4.69) is 39.4 Å². The lowest BCUT2D eigenvalue weighted by molar-refractivity contribution is 0.332. The van der Waals surface area contributed by atoms with Gasteiger partial charge < -0.3 is 5.32 Å². The van der Waals surface area contributed by atoms with Gasteiger partial charge in [0.25, 0.3) is 0 Å². The monoisotopic (exact) mass is 265 g/mol. The molecule has 0 aromatic heterocycles. The zero-order valence-electron chi connectivity index (χ0n) is 8.85. The molecule has 0 unspecified atom stereocenters. The van der Waals surface area contributed by atoms with Crippen molar-refractivity contribution in [1.82, 2.24) is 0 Å². The molecule has 1 aromatic carbocycles. The Bertz CT molecular complexity index is 380. The number of rotatable bonds is 0. The van der Waals surface area contributed by atoms with Crippen molar-refractivity contribution in [2.24, 2.45) is 0 Å². The zero-order chi connectivity index (χ0) is 10.3. The number of fused-ring (bicyclic) bond motifs is 1. The highest BCUT2D eigenvalue weighted by Gasteiger charge is 2.38. The van der Waals surface area contributed by atoms with Crippen LogP contribution >= 0.6 is 15.9 Å². The van der Waals surface area contributed by atoms with E-state index >= 15 is 0 Å². The van der Waals surface area contributed by atoms with Crippen molar-refractivity contribution in [3.8, 4) is 0 Å². The lowest BCUT2D eigenvalue weighted by Gasteiger charge is -2.34. The van der Waals surface area contributed by atoms with Gasteiger partial charge in [-0.1, -0.05) is 41.3 Å². The van der Waals surface area contributed by atoms with Crippen molar-refractivity contribution >= 4 is 21.6 Å². The highest BCUT2D eigenvalue weighted by atomic mass is 79.9. The number of nitrogens with one attached hydrogen (secondary N) is 1. The molecular weight excluding hydrogens is 250 g/mol. The van der Waals surface area contributed by atoms with E-state index in [1.54, 1.807) is 0 Å². The van der Waals surface area contributed by atoms with Gasteiger partial charge in [0.2, 0.25) is 0 Å². The van der Waals surface area contributed by atoms with Gasteiger partial charge in [-0.25, -0.2) is 0 Å². The maximum absolute atomic E-state index is 3.76. The van der Waals surface area contributed by atoms with Crippen molar-refractivity contribution in [3.05, 3.63) is 28.2 Å². The number of anilines is 1. The molecule has 0 bridgehead atoms. The maximum atomic E-state index is 3.76. The van der Waals surface area contributed by atoms with Crippen LogP contribution in [-0.2, 0) is 6.42 Å². The Morgan fingerprint density at radius 1 is 1.13 bits per heavy atom. The summed E-state index contributed by atoms with van der Waals surface area (Å²) in [5, 5.41) is 3.76. The van der Waals surface area contributed by atoms with Gasteiger partial charge in [-0.3, -0.25) is 0 Å². The molecule has 0 radical (unpaired) electrons. The fourth-order valence-corrected chi connectivity index (χ4v) is 3.56. The summed E-state index contributed by atoms with van der Waals surface area (Å²) in [5.74, 6) is 0. The van der Waals surface area contributed by atoms with Gasteiger partial charge in [0.15, 0.2) is 0 Å². The molecule has 1 aromatic rings. The summed E-state index contributed by atoms with van der Waals surface area (Å²) in [4.78, 5) is 0. The fraction of sp³-hybridized carbons (Fsp3) is 0.538. The first-order valence-electron chi connectivity index (χ1n) is 5.85. The van der Waals surface area contributed by atoms with E-state index < -0.39 is 0 Å². The molecule has 2 heteroatoms. The molecule has 15 heavy (non-hydrogen) atoms. The number of benzene rings is 1. The molecule has 1 fully saturated rings. The summed E-state index contributed by atoms with van der Waals surface area (Å²) >= 11 is 3.66. The van der Waals surface area contributed by atoms with E-state index in [-0.39, 0.29) is 0 Å². The quantitative estimate of drug-likeness (QED) is 0.744. The van der Waals surface area contributed by atoms with E-state index in [1.807, 2.05) is 0 Å². The van der Waals surface area contributed by atoms with E-state index in [4.69, 9.17) is 0 Å². The first-order chi connectivity index (χ1) is 7.29. The van der Waals surface area contributed by atoms with Gasteiger partial charge in [0.05, 0.1) is 0 Å². The molecule has 1 aliphatic heterocycles. The summed E-state index contributed by atoms with van der Waals surface area (Å²) in [6.45, 7) is 0. The molecule has 3 rings (SSSR count). The van der Waals surface area contributed by atoms with Crippen molar-refractivity contribution in [3.63, 3.8) is 0 Å². The Balaban J connectivity index is 1.94. The summed E-state index contributed by atoms with van der Waals surface area (Å²) in [6.07, 6.45) is 8.09. The molecule has 0 amide bonds. The molecule has 0 saturated heterocycles. The van der Waals surface area contributed by atoms with Crippen LogP contribution in [0.4, 0.5) is 5.69 Å². The molecule has 1 heterocycles. The maximum Gasteiger partial charge on any atom is 0.0415 e. The Morgan fingerprint density at radius 3 is 2.67 bits per heavy atom. The highest BCUT2D eigenvalue weighted by Crippen LogP contribution is 2.43. The molecule has 1 N–H and O–H groups in total. The molecule has 1 nitrogen and oxygen atoms in total. The normalized spacial score (nSPS) is 22.5. The second-order valence-corrected chi connectivity index (χ2v) is 5.76. The standard InChI is InChI=1S/C13H16BrN/c14-11-5-4-6-12-10(11)9-13(15-12)7-2-1-3-8-13/h4-6,15H,1-3,7-9H2. The average molecular weight is 266 g/mol. The minimum absolute atomic E-state index is 0.393. The second-order valence-electron chi connectivity index (χ2n) is 4.91. The lowest BCUT2D eigenvalue weighted by atomic mass is 9.80. The van der Waals surface area contributed by atoms with Gasteiger partial charge in [0.1, 0.15) is 0 Å². The van der Waals surface area contributed by atoms with Gasteiger partial charge >= 0.3 is 0 Å². The smallest absolute Gasteiger partial charge is 0.0415 e.